The van der Waals surface area contributed by atoms with Gasteiger partial charge in [-0.2, -0.15) is 0 Å². The first-order valence-corrected chi connectivity index (χ1v) is 9.48. The number of hydrogen-bond acceptors (Lipinski definition) is 2. The monoisotopic (exact) mass is 387 g/mol. The quantitative estimate of drug-likeness (QED) is 0.714. The van der Waals surface area contributed by atoms with Crippen LogP contribution < -0.4 is 4.74 Å². The Morgan fingerprint density at radius 1 is 1.04 bits per heavy atom. The maximum absolute atomic E-state index is 13.3. The van der Waals surface area contributed by atoms with Gasteiger partial charge in [-0.15, -0.1) is 0 Å². The largest absolute Gasteiger partial charge is 0.497 e. The van der Waals surface area contributed by atoms with Crippen molar-refractivity contribution in [2.45, 2.75) is 25.3 Å². The second-order valence-corrected chi connectivity index (χ2v) is 7.52. The standard InChI is InChI=1S/C21H19Cl2NO2/c1-26-16-7-4-13(5-8-16)17-12-15-3-2-10-24(15)21(25)20(17)14-6-9-18(22)19(23)11-14/h4-9,11,15H,2-3,10,12H2,1H3. The van der Waals surface area contributed by atoms with Crippen LogP contribution in [0.25, 0.3) is 11.1 Å². The molecule has 0 aromatic heterocycles. The molecule has 2 aliphatic heterocycles. The number of amides is 1. The van der Waals surface area contributed by atoms with E-state index in [-0.39, 0.29) is 11.9 Å². The molecule has 1 amide bonds. The predicted molar refractivity (Wildman–Crippen MR) is 106 cm³/mol. The van der Waals surface area contributed by atoms with Crippen molar-refractivity contribution in [1.82, 2.24) is 4.90 Å². The number of rotatable bonds is 3. The summed E-state index contributed by atoms with van der Waals surface area (Å²) in [7, 11) is 1.65. The highest BCUT2D eigenvalue weighted by molar-refractivity contribution is 6.42. The van der Waals surface area contributed by atoms with Crippen molar-refractivity contribution >= 4 is 40.3 Å². The molecule has 26 heavy (non-hydrogen) atoms. The number of benzene rings is 2. The third-order valence-electron chi connectivity index (χ3n) is 5.24. The summed E-state index contributed by atoms with van der Waals surface area (Å²) >= 11 is 12.3. The molecule has 134 valence electrons. The number of fused-ring (bicyclic) bond motifs is 1. The summed E-state index contributed by atoms with van der Waals surface area (Å²) in [5.41, 5.74) is 3.67. The number of carbonyl (C=O) groups excluding carboxylic acids is 1. The molecule has 2 aliphatic rings. The number of carbonyl (C=O) groups is 1. The predicted octanol–water partition coefficient (Wildman–Crippen LogP) is 5.31. The zero-order valence-electron chi connectivity index (χ0n) is 14.5. The molecular weight excluding hydrogens is 369 g/mol. The number of halogens is 2. The minimum Gasteiger partial charge on any atom is -0.497 e. The minimum atomic E-state index is 0.0861. The SMILES string of the molecule is COc1ccc(C2=C(c3ccc(Cl)c(Cl)c3)C(=O)N3CCCC3C2)cc1. The van der Waals surface area contributed by atoms with Gasteiger partial charge in [0.2, 0.25) is 0 Å². The van der Waals surface area contributed by atoms with E-state index in [9.17, 15) is 4.79 Å². The maximum Gasteiger partial charge on any atom is 0.255 e. The van der Waals surface area contributed by atoms with Crippen molar-refractivity contribution in [2.24, 2.45) is 0 Å². The van der Waals surface area contributed by atoms with E-state index in [0.717, 1.165) is 53.8 Å². The fourth-order valence-electron chi connectivity index (χ4n) is 3.93. The van der Waals surface area contributed by atoms with Crippen LogP contribution >= 0.6 is 23.2 Å². The van der Waals surface area contributed by atoms with Crippen molar-refractivity contribution in [2.75, 3.05) is 13.7 Å². The lowest BCUT2D eigenvalue weighted by Gasteiger charge is -2.33. The molecule has 0 saturated carbocycles. The van der Waals surface area contributed by atoms with Crippen LogP contribution in [0.5, 0.6) is 5.75 Å². The van der Waals surface area contributed by atoms with Gasteiger partial charge in [0.05, 0.1) is 22.7 Å². The third-order valence-corrected chi connectivity index (χ3v) is 5.98. The summed E-state index contributed by atoms with van der Waals surface area (Å²) in [5.74, 6) is 0.887. The zero-order chi connectivity index (χ0) is 18.3. The smallest absolute Gasteiger partial charge is 0.255 e. The van der Waals surface area contributed by atoms with Crippen molar-refractivity contribution in [3.8, 4) is 5.75 Å². The van der Waals surface area contributed by atoms with Gasteiger partial charge in [0.1, 0.15) is 5.75 Å². The highest BCUT2D eigenvalue weighted by atomic mass is 35.5. The van der Waals surface area contributed by atoms with Crippen LogP contribution in [-0.2, 0) is 4.79 Å². The average molecular weight is 388 g/mol. The van der Waals surface area contributed by atoms with E-state index >= 15 is 0 Å². The highest BCUT2D eigenvalue weighted by Crippen LogP contribution is 2.41. The summed E-state index contributed by atoms with van der Waals surface area (Å²) < 4.78 is 5.26. The van der Waals surface area contributed by atoms with Crippen LogP contribution in [0.2, 0.25) is 10.0 Å². The molecule has 5 heteroatoms. The lowest BCUT2D eigenvalue weighted by molar-refractivity contribution is -0.126. The summed E-state index contributed by atoms with van der Waals surface area (Å²) in [4.78, 5) is 15.3. The second kappa shape index (κ2) is 6.98. The molecule has 0 spiro atoms. The Labute approximate surface area is 163 Å². The molecule has 0 radical (unpaired) electrons. The van der Waals surface area contributed by atoms with Crippen LogP contribution in [0.15, 0.2) is 42.5 Å². The molecular formula is C21H19Cl2NO2. The molecule has 1 unspecified atom stereocenters. The first kappa shape index (κ1) is 17.4. The molecule has 1 atom stereocenters. The Hall–Kier alpha value is -1.97. The molecule has 0 N–H and O–H groups in total. The van der Waals surface area contributed by atoms with E-state index in [2.05, 4.69) is 0 Å². The molecule has 0 aliphatic carbocycles. The van der Waals surface area contributed by atoms with Gasteiger partial charge in [-0.25, -0.2) is 0 Å². The molecule has 1 fully saturated rings. The first-order chi connectivity index (χ1) is 12.6. The number of nitrogens with zero attached hydrogens (tertiary/aromatic N) is 1. The van der Waals surface area contributed by atoms with Gasteiger partial charge in [-0.3, -0.25) is 4.79 Å². The lowest BCUT2D eigenvalue weighted by atomic mass is 9.85. The van der Waals surface area contributed by atoms with Gasteiger partial charge in [0, 0.05) is 12.6 Å². The summed E-state index contributed by atoms with van der Waals surface area (Å²) in [5, 5.41) is 0.950. The van der Waals surface area contributed by atoms with Crippen molar-refractivity contribution < 1.29 is 9.53 Å². The van der Waals surface area contributed by atoms with E-state index in [1.807, 2.05) is 35.2 Å². The fraction of sp³-hybridized carbons (Fsp3) is 0.286. The average Bonchev–Trinajstić information content (AvgIpc) is 3.13. The summed E-state index contributed by atoms with van der Waals surface area (Å²) in [6, 6.07) is 13.6. The van der Waals surface area contributed by atoms with E-state index in [1.165, 1.54) is 0 Å². The van der Waals surface area contributed by atoms with Gasteiger partial charge in [0.15, 0.2) is 0 Å². The molecule has 1 saturated heterocycles. The number of hydrogen-bond donors (Lipinski definition) is 0. The van der Waals surface area contributed by atoms with Gasteiger partial charge in [-0.05, 0) is 60.2 Å². The Bertz CT molecular complexity index is 889. The molecule has 2 aromatic carbocycles. The van der Waals surface area contributed by atoms with Gasteiger partial charge < -0.3 is 9.64 Å². The Kier molecular flexibility index (Phi) is 4.68. The van der Waals surface area contributed by atoms with E-state index in [4.69, 9.17) is 27.9 Å². The Morgan fingerprint density at radius 3 is 2.46 bits per heavy atom. The molecule has 4 rings (SSSR count). The maximum atomic E-state index is 13.3. The van der Waals surface area contributed by atoms with E-state index < -0.39 is 0 Å². The molecule has 2 aromatic rings. The number of ether oxygens (including phenoxy) is 1. The van der Waals surface area contributed by atoms with Gasteiger partial charge >= 0.3 is 0 Å². The molecule has 0 bridgehead atoms. The Morgan fingerprint density at radius 2 is 1.77 bits per heavy atom. The zero-order valence-corrected chi connectivity index (χ0v) is 16.0. The normalized spacial score (nSPS) is 19.7. The van der Waals surface area contributed by atoms with Crippen molar-refractivity contribution in [3.63, 3.8) is 0 Å². The van der Waals surface area contributed by atoms with Crippen LogP contribution in [0, 0.1) is 0 Å². The first-order valence-electron chi connectivity index (χ1n) is 8.72. The second-order valence-electron chi connectivity index (χ2n) is 6.71. The summed E-state index contributed by atoms with van der Waals surface area (Å²) in [6.45, 7) is 0.824. The van der Waals surface area contributed by atoms with Crippen LogP contribution in [0.3, 0.4) is 0 Å². The highest BCUT2D eigenvalue weighted by Gasteiger charge is 2.38. The topological polar surface area (TPSA) is 29.5 Å². The van der Waals surface area contributed by atoms with Gasteiger partial charge in [-0.1, -0.05) is 41.4 Å². The van der Waals surface area contributed by atoms with E-state index in [1.54, 1.807) is 19.2 Å². The van der Waals surface area contributed by atoms with E-state index in [0.29, 0.717) is 10.0 Å². The fourth-order valence-corrected chi connectivity index (χ4v) is 4.23. The third kappa shape index (κ3) is 3.00. The Balaban J connectivity index is 1.88. The van der Waals surface area contributed by atoms with Crippen LogP contribution in [0.4, 0.5) is 0 Å². The minimum absolute atomic E-state index is 0.0861. The summed E-state index contributed by atoms with van der Waals surface area (Å²) in [6.07, 6.45) is 2.97. The van der Waals surface area contributed by atoms with Gasteiger partial charge in [0.25, 0.3) is 5.91 Å². The van der Waals surface area contributed by atoms with Crippen LogP contribution in [-0.4, -0.2) is 30.5 Å². The van der Waals surface area contributed by atoms with Crippen molar-refractivity contribution in [1.29, 1.82) is 0 Å². The molecule has 2 heterocycles. The number of methoxy groups -OCH3 is 1. The molecule has 3 nitrogen and oxygen atoms in total. The van der Waals surface area contributed by atoms with Crippen LogP contribution in [0.1, 0.15) is 30.4 Å². The van der Waals surface area contributed by atoms with Crippen molar-refractivity contribution in [3.05, 3.63) is 63.6 Å². The lowest BCUT2D eigenvalue weighted by Crippen LogP contribution is -2.39.